The van der Waals surface area contributed by atoms with Crippen LogP contribution in [0.15, 0.2) is 30.3 Å². The molecule has 0 aromatic heterocycles. The summed E-state index contributed by atoms with van der Waals surface area (Å²) in [7, 11) is 0. The zero-order valence-electron chi connectivity index (χ0n) is 17.1. The number of nitrogens with one attached hydrogen (secondary N) is 1. The van der Waals surface area contributed by atoms with Crippen LogP contribution >= 0.6 is 12.4 Å². The first-order chi connectivity index (χ1) is 13.1. The van der Waals surface area contributed by atoms with E-state index >= 15 is 0 Å². The van der Waals surface area contributed by atoms with Gasteiger partial charge >= 0.3 is 0 Å². The van der Waals surface area contributed by atoms with Crippen LogP contribution in [0.3, 0.4) is 0 Å². The smallest absolute Gasteiger partial charge is 0.226 e. The van der Waals surface area contributed by atoms with Gasteiger partial charge in [-0.2, -0.15) is 0 Å². The molecule has 0 radical (unpaired) electrons. The monoisotopic (exact) mass is 422 g/mol. The summed E-state index contributed by atoms with van der Waals surface area (Å²) in [6.45, 7) is 2.46. The minimum absolute atomic E-state index is 0. The minimum Gasteiger partial charge on any atom is -0.412 e. The summed E-state index contributed by atoms with van der Waals surface area (Å²) in [5.41, 5.74) is 0.921. The van der Waals surface area contributed by atoms with Gasteiger partial charge < -0.3 is 15.9 Å². The molecule has 4 N–H and O–H groups in total. The summed E-state index contributed by atoms with van der Waals surface area (Å²) in [5.74, 6) is 2.77. The van der Waals surface area contributed by atoms with Gasteiger partial charge in [-0.1, -0.05) is 30.3 Å². The highest BCUT2D eigenvalue weighted by molar-refractivity contribution is 5.85. The van der Waals surface area contributed by atoms with Gasteiger partial charge in [0.2, 0.25) is 5.91 Å². The van der Waals surface area contributed by atoms with Gasteiger partial charge in [0.15, 0.2) is 0 Å². The molecule has 0 spiro atoms. The molecule has 29 heavy (non-hydrogen) atoms. The Morgan fingerprint density at radius 1 is 1.10 bits per heavy atom. The standard InChI is InChI=1S/C23H32N2O2.ClH.H2O/c26-21(19-4-2-1-3-5-19)15-25-7-6-20(14-25)24-22(27)23-11-16-8-17(12-23)10-18(9-16)13-23;;/h1-5,16-18,20-21,26H,6-15H2,(H,24,27);1H;1H2/t16?,17?,18?,20?,21-,23?;;/m1../s1. The largest absolute Gasteiger partial charge is 0.412 e. The molecule has 5 aliphatic rings. The SMILES string of the molecule is Cl.O.O=C(NC1CCN(C[C@@H](O)c2ccccc2)C1)C12CC3CC(CC(C3)C1)C2. The highest BCUT2D eigenvalue weighted by Gasteiger charge is 2.54. The average molecular weight is 423 g/mol. The molecule has 4 bridgehead atoms. The Hall–Kier alpha value is -1.14. The third kappa shape index (κ3) is 4.48. The van der Waals surface area contributed by atoms with Crippen molar-refractivity contribution >= 4 is 18.3 Å². The molecule has 1 aromatic rings. The number of aliphatic hydroxyl groups is 1. The van der Waals surface area contributed by atoms with E-state index in [1.807, 2.05) is 30.3 Å². The van der Waals surface area contributed by atoms with Crippen molar-refractivity contribution in [3.8, 4) is 0 Å². The molecule has 1 aliphatic heterocycles. The Labute approximate surface area is 180 Å². The van der Waals surface area contributed by atoms with Gasteiger partial charge in [0, 0.05) is 31.1 Å². The molecule has 6 rings (SSSR count). The summed E-state index contributed by atoms with van der Waals surface area (Å²) in [6.07, 6.45) is 8.07. The van der Waals surface area contributed by atoms with Gasteiger partial charge in [0.1, 0.15) is 0 Å². The second-order valence-corrected chi connectivity index (χ2v) is 9.84. The highest BCUT2D eigenvalue weighted by Crippen LogP contribution is 2.60. The summed E-state index contributed by atoms with van der Waals surface area (Å²) in [5, 5.41) is 13.9. The molecule has 5 fully saturated rings. The number of likely N-dealkylation sites (tertiary alicyclic amines) is 1. The van der Waals surface area contributed by atoms with Crippen molar-refractivity contribution in [1.82, 2.24) is 10.2 Å². The quantitative estimate of drug-likeness (QED) is 0.765. The number of amides is 1. The van der Waals surface area contributed by atoms with Crippen molar-refractivity contribution in [3.05, 3.63) is 35.9 Å². The summed E-state index contributed by atoms with van der Waals surface area (Å²) in [4.78, 5) is 15.5. The van der Waals surface area contributed by atoms with E-state index in [9.17, 15) is 9.90 Å². The number of β-amino-alcohol motifs (C(OH)–C–C–N with tert-alkyl or cyclic N) is 1. The fourth-order valence-electron chi connectivity index (χ4n) is 6.87. The van der Waals surface area contributed by atoms with Crippen molar-refractivity contribution in [2.75, 3.05) is 19.6 Å². The fourth-order valence-corrected chi connectivity index (χ4v) is 6.87. The van der Waals surface area contributed by atoms with Crippen molar-refractivity contribution < 1.29 is 15.4 Å². The molecule has 1 amide bonds. The van der Waals surface area contributed by atoms with Crippen LogP contribution in [0.1, 0.15) is 56.6 Å². The van der Waals surface area contributed by atoms with Crippen LogP contribution < -0.4 is 5.32 Å². The molecule has 1 unspecified atom stereocenters. The number of hydrogen-bond donors (Lipinski definition) is 2. The second-order valence-electron chi connectivity index (χ2n) is 9.84. The number of carbonyl (C=O) groups is 1. The zero-order valence-corrected chi connectivity index (χ0v) is 17.9. The van der Waals surface area contributed by atoms with Gasteiger partial charge in [0.25, 0.3) is 0 Å². The van der Waals surface area contributed by atoms with Crippen LogP contribution in [0.2, 0.25) is 0 Å². The van der Waals surface area contributed by atoms with E-state index in [4.69, 9.17) is 0 Å². The Kier molecular flexibility index (Phi) is 6.94. The molecular weight excluding hydrogens is 388 g/mol. The van der Waals surface area contributed by atoms with Crippen LogP contribution in [0.4, 0.5) is 0 Å². The number of carbonyl (C=O) groups excluding carboxylic acids is 1. The van der Waals surface area contributed by atoms with Crippen LogP contribution in [-0.2, 0) is 4.79 Å². The normalized spacial score (nSPS) is 36.2. The van der Waals surface area contributed by atoms with E-state index < -0.39 is 6.10 Å². The van der Waals surface area contributed by atoms with E-state index in [2.05, 4.69) is 10.2 Å². The van der Waals surface area contributed by atoms with Gasteiger partial charge in [-0.15, -0.1) is 12.4 Å². The van der Waals surface area contributed by atoms with E-state index in [0.29, 0.717) is 12.5 Å². The fraction of sp³-hybridized carbons (Fsp3) is 0.696. The lowest BCUT2D eigenvalue weighted by molar-refractivity contribution is -0.146. The molecule has 1 heterocycles. The Balaban J connectivity index is 0.00000120. The maximum Gasteiger partial charge on any atom is 0.226 e. The molecule has 2 atom stereocenters. The number of hydrogen-bond acceptors (Lipinski definition) is 3. The number of aliphatic hydroxyl groups excluding tert-OH is 1. The first-order valence-corrected chi connectivity index (χ1v) is 10.9. The summed E-state index contributed by atoms with van der Waals surface area (Å²) in [6, 6.07) is 10.1. The van der Waals surface area contributed by atoms with Crippen molar-refractivity contribution in [2.45, 2.75) is 57.1 Å². The minimum atomic E-state index is -0.455. The Morgan fingerprint density at radius 3 is 2.28 bits per heavy atom. The van der Waals surface area contributed by atoms with Gasteiger partial charge in [-0.25, -0.2) is 0 Å². The number of rotatable bonds is 5. The summed E-state index contributed by atoms with van der Waals surface area (Å²) < 4.78 is 0. The molecule has 4 saturated carbocycles. The van der Waals surface area contributed by atoms with Crippen LogP contribution in [0.5, 0.6) is 0 Å². The second kappa shape index (κ2) is 8.93. The topological polar surface area (TPSA) is 84.1 Å². The predicted octanol–water partition coefficient (Wildman–Crippen LogP) is 2.72. The third-order valence-electron chi connectivity index (χ3n) is 7.74. The van der Waals surface area contributed by atoms with Crippen LogP contribution in [0.25, 0.3) is 0 Å². The molecule has 5 nitrogen and oxygen atoms in total. The zero-order chi connectivity index (χ0) is 18.4. The average Bonchev–Trinajstić information content (AvgIpc) is 3.08. The predicted molar refractivity (Wildman–Crippen MR) is 116 cm³/mol. The Bertz CT molecular complexity index is 663. The van der Waals surface area contributed by atoms with Crippen molar-refractivity contribution in [2.24, 2.45) is 23.2 Å². The molecule has 6 heteroatoms. The number of halogens is 1. The molecule has 1 saturated heterocycles. The van der Waals surface area contributed by atoms with Crippen molar-refractivity contribution in [3.63, 3.8) is 0 Å². The van der Waals surface area contributed by atoms with E-state index in [1.54, 1.807) is 0 Å². The van der Waals surface area contributed by atoms with Crippen LogP contribution in [-0.4, -0.2) is 47.1 Å². The third-order valence-corrected chi connectivity index (χ3v) is 7.74. The van der Waals surface area contributed by atoms with E-state index in [-0.39, 0.29) is 29.3 Å². The lowest BCUT2D eigenvalue weighted by Crippen LogP contribution is -2.55. The maximum atomic E-state index is 13.2. The molecular formula is C23H35ClN2O3. The summed E-state index contributed by atoms with van der Waals surface area (Å²) >= 11 is 0. The first-order valence-electron chi connectivity index (χ1n) is 10.9. The van der Waals surface area contributed by atoms with Gasteiger partial charge in [-0.05, 0) is 68.3 Å². The van der Waals surface area contributed by atoms with E-state index in [0.717, 1.165) is 62.1 Å². The molecule has 1 aromatic carbocycles. The van der Waals surface area contributed by atoms with Crippen molar-refractivity contribution in [1.29, 1.82) is 0 Å². The molecule has 4 aliphatic carbocycles. The van der Waals surface area contributed by atoms with Crippen LogP contribution in [0, 0.1) is 23.2 Å². The lowest BCUT2D eigenvalue weighted by Gasteiger charge is -2.55. The van der Waals surface area contributed by atoms with Gasteiger partial charge in [0.05, 0.1) is 6.10 Å². The lowest BCUT2D eigenvalue weighted by atomic mass is 9.49. The van der Waals surface area contributed by atoms with E-state index in [1.165, 1.54) is 19.3 Å². The van der Waals surface area contributed by atoms with Gasteiger partial charge in [-0.3, -0.25) is 9.69 Å². The molecule has 162 valence electrons. The number of nitrogens with zero attached hydrogens (tertiary/aromatic N) is 1. The maximum absolute atomic E-state index is 13.2. The highest BCUT2D eigenvalue weighted by atomic mass is 35.5. The first kappa shape index (κ1) is 22.5. The Morgan fingerprint density at radius 2 is 1.69 bits per heavy atom. The number of benzene rings is 1.